The van der Waals surface area contributed by atoms with E-state index < -0.39 is 0 Å². The van der Waals surface area contributed by atoms with Crippen molar-refractivity contribution in [3.63, 3.8) is 0 Å². The maximum absolute atomic E-state index is 6.72. The average Bonchev–Trinajstić information content (AvgIpc) is 3.53. The third-order valence-corrected chi connectivity index (χ3v) is 9.78. The van der Waals surface area contributed by atoms with Gasteiger partial charge in [-0.25, -0.2) is 9.67 Å². The fourth-order valence-electron chi connectivity index (χ4n) is 7.21. The van der Waals surface area contributed by atoms with Crippen molar-refractivity contribution < 1.29 is 4.74 Å². The second-order valence-corrected chi connectivity index (χ2v) is 14.9. The first-order valence-corrected chi connectivity index (χ1v) is 17.3. The molecule has 0 radical (unpaired) electrons. The van der Waals surface area contributed by atoms with Crippen molar-refractivity contribution >= 4 is 21.8 Å². The standard InChI is InChI=1S/C44H46N4O/c1-26(2)32-22-34(48-31(7)43(30(6)46-48)42-28(4)20-33(21-29(42)5)44(8,9)10)24-36(23-32)49-35-15-16-38-37-13-11-12-14-39(37)47(40(38)25-35)41-19-27(3)17-18-45-41/h11-26H,1-10H3. The van der Waals surface area contributed by atoms with Crippen molar-refractivity contribution in [2.45, 2.75) is 80.6 Å². The predicted octanol–water partition coefficient (Wildman–Crippen LogP) is 11.8. The van der Waals surface area contributed by atoms with E-state index in [0.717, 1.165) is 45.4 Å². The molecule has 0 saturated carbocycles. The normalized spacial score (nSPS) is 12.1. The fraction of sp³-hybridized carbons (Fsp3) is 0.273. The van der Waals surface area contributed by atoms with Gasteiger partial charge in [0.2, 0.25) is 0 Å². The van der Waals surface area contributed by atoms with E-state index in [1.165, 1.54) is 49.7 Å². The number of hydrogen-bond acceptors (Lipinski definition) is 3. The highest BCUT2D eigenvalue weighted by Gasteiger charge is 2.22. The molecule has 0 aliphatic carbocycles. The third-order valence-electron chi connectivity index (χ3n) is 9.78. The Bertz CT molecular complexity index is 2360. The molecule has 0 unspecified atom stereocenters. The number of nitrogens with zero attached hydrogens (tertiary/aromatic N) is 4. The Morgan fingerprint density at radius 3 is 2.10 bits per heavy atom. The zero-order chi connectivity index (χ0) is 34.8. The number of para-hydroxylation sites is 1. The minimum atomic E-state index is 0.0918. The topological polar surface area (TPSA) is 44.9 Å². The van der Waals surface area contributed by atoms with E-state index in [4.69, 9.17) is 14.8 Å². The summed E-state index contributed by atoms with van der Waals surface area (Å²) in [4.78, 5) is 4.75. The lowest BCUT2D eigenvalue weighted by Crippen LogP contribution is -2.12. The maximum Gasteiger partial charge on any atom is 0.137 e. The van der Waals surface area contributed by atoms with Crippen molar-refractivity contribution in [2.75, 3.05) is 0 Å². The van der Waals surface area contributed by atoms with Gasteiger partial charge >= 0.3 is 0 Å². The molecule has 0 spiro atoms. The first kappa shape index (κ1) is 32.4. The zero-order valence-electron chi connectivity index (χ0n) is 30.4. The van der Waals surface area contributed by atoms with Gasteiger partial charge in [-0.3, -0.25) is 4.57 Å². The van der Waals surface area contributed by atoms with Gasteiger partial charge in [0.05, 0.1) is 22.4 Å². The average molecular weight is 647 g/mol. The lowest BCUT2D eigenvalue weighted by Gasteiger charge is -2.22. The number of ether oxygens (including phenoxy) is 1. The molecule has 0 amide bonds. The second-order valence-electron chi connectivity index (χ2n) is 14.9. The van der Waals surface area contributed by atoms with Crippen molar-refractivity contribution in [3.05, 3.63) is 130 Å². The second kappa shape index (κ2) is 12.1. The maximum atomic E-state index is 6.72. The summed E-state index contributed by atoms with van der Waals surface area (Å²) in [5, 5.41) is 7.48. The van der Waals surface area contributed by atoms with Gasteiger partial charge < -0.3 is 4.74 Å². The number of rotatable bonds is 6. The van der Waals surface area contributed by atoms with Gasteiger partial charge in [-0.1, -0.05) is 65.0 Å². The van der Waals surface area contributed by atoms with Gasteiger partial charge in [0.1, 0.15) is 17.3 Å². The van der Waals surface area contributed by atoms with Crippen molar-refractivity contribution in [3.8, 4) is 34.1 Å². The quantitative estimate of drug-likeness (QED) is 0.181. The van der Waals surface area contributed by atoms with Gasteiger partial charge in [-0.15, -0.1) is 0 Å². The highest BCUT2D eigenvalue weighted by molar-refractivity contribution is 6.09. The number of aryl methyl sites for hydroxylation is 4. The third kappa shape index (κ3) is 5.82. The molecule has 3 heterocycles. The van der Waals surface area contributed by atoms with Gasteiger partial charge in [-0.2, -0.15) is 5.10 Å². The van der Waals surface area contributed by atoms with E-state index in [1.54, 1.807) is 0 Å². The van der Waals surface area contributed by atoms with Crippen molar-refractivity contribution in [1.82, 2.24) is 19.3 Å². The molecule has 5 heteroatoms. The Labute approximate surface area is 290 Å². The highest BCUT2D eigenvalue weighted by Crippen LogP contribution is 2.39. The minimum absolute atomic E-state index is 0.0918. The van der Waals surface area contributed by atoms with Crippen LogP contribution in [0, 0.1) is 34.6 Å². The minimum Gasteiger partial charge on any atom is -0.457 e. The zero-order valence-corrected chi connectivity index (χ0v) is 30.4. The number of fused-ring (bicyclic) bond motifs is 3. The molecule has 7 rings (SSSR count). The summed E-state index contributed by atoms with van der Waals surface area (Å²) >= 11 is 0. The van der Waals surface area contributed by atoms with Crippen LogP contribution >= 0.6 is 0 Å². The molecule has 0 atom stereocenters. The molecule has 0 aliphatic heterocycles. The highest BCUT2D eigenvalue weighted by atomic mass is 16.5. The molecule has 0 bridgehead atoms. The molecule has 7 aromatic rings. The summed E-state index contributed by atoms with van der Waals surface area (Å²) in [6.45, 7) is 22.1. The first-order chi connectivity index (χ1) is 23.3. The van der Waals surface area contributed by atoms with Crippen molar-refractivity contribution in [2.24, 2.45) is 0 Å². The summed E-state index contributed by atoms with van der Waals surface area (Å²) < 4.78 is 11.0. The molecule has 0 N–H and O–H groups in total. The summed E-state index contributed by atoms with van der Waals surface area (Å²) in [5.41, 5.74) is 14.2. The molecular formula is C44H46N4O. The SMILES string of the molecule is Cc1ccnc(-n2c3ccccc3c3ccc(Oc4cc(C(C)C)cc(-n5nc(C)c(-c6c(C)cc(C(C)(C)C)cc6C)c5C)c4)cc32)c1. The van der Waals surface area contributed by atoms with E-state index >= 15 is 0 Å². The fourth-order valence-corrected chi connectivity index (χ4v) is 7.21. The summed E-state index contributed by atoms with van der Waals surface area (Å²) in [6, 6.07) is 30.2. The Morgan fingerprint density at radius 2 is 1.41 bits per heavy atom. The summed E-state index contributed by atoms with van der Waals surface area (Å²) in [7, 11) is 0. The van der Waals surface area contributed by atoms with Crippen LogP contribution in [0.1, 0.15) is 79.7 Å². The van der Waals surface area contributed by atoms with Crippen LogP contribution in [0.5, 0.6) is 11.5 Å². The van der Waals surface area contributed by atoms with E-state index in [1.807, 2.05) is 12.3 Å². The van der Waals surface area contributed by atoms with E-state index in [2.05, 4.69) is 157 Å². The smallest absolute Gasteiger partial charge is 0.137 e. The number of aromatic nitrogens is 4. The monoisotopic (exact) mass is 646 g/mol. The van der Waals surface area contributed by atoms with Gasteiger partial charge in [0, 0.05) is 40.4 Å². The van der Waals surface area contributed by atoms with E-state index in [9.17, 15) is 0 Å². The predicted molar refractivity (Wildman–Crippen MR) is 204 cm³/mol. The van der Waals surface area contributed by atoms with Crippen LogP contribution in [0.4, 0.5) is 0 Å². The van der Waals surface area contributed by atoms with Crippen LogP contribution in [0.25, 0.3) is 44.4 Å². The van der Waals surface area contributed by atoms with Crippen LogP contribution < -0.4 is 4.74 Å². The van der Waals surface area contributed by atoms with Crippen LogP contribution in [-0.2, 0) is 5.41 Å². The summed E-state index contributed by atoms with van der Waals surface area (Å²) in [6.07, 6.45) is 1.87. The number of benzene rings is 4. The first-order valence-electron chi connectivity index (χ1n) is 17.3. The lowest BCUT2D eigenvalue weighted by molar-refractivity contribution is 0.481. The Morgan fingerprint density at radius 1 is 0.694 bits per heavy atom. The molecule has 0 fully saturated rings. The molecule has 0 saturated heterocycles. The van der Waals surface area contributed by atoms with Crippen molar-refractivity contribution in [1.29, 1.82) is 0 Å². The van der Waals surface area contributed by atoms with Crippen LogP contribution in [-0.4, -0.2) is 19.3 Å². The molecule has 3 aromatic heterocycles. The molecule has 49 heavy (non-hydrogen) atoms. The molecule has 4 aromatic carbocycles. The Kier molecular flexibility index (Phi) is 7.98. The van der Waals surface area contributed by atoms with Gasteiger partial charge in [0.15, 0.2) is 0 Å². The number of hydrogen-bond donors (Lipinski definition) is 0. The van der Waals surface area contributed by atoms with E-state index in [0.29, 0.717) is 5.92 Å². The largest absolute Gasteiger partial charge is 0.457 e. The Hall–Kier alpha value is -5.16. The van der Waals surface area contributed by atoms with E-state index in [-0.39, 0.29) is 5.41 Å². The lowest BCUT2D eigenvalue weighted by atomic mass is 9.82. The summed E-state index contributed by atoms with van der Waals surface area (Å²) in [5.74, 6) is 2.76. The molecular weight excluding hydrogens is 601 g/mol. The van der Waals surface area contributed by atoms with Gasteiger partial charge in [-0.05, 0) is 122 Å². The van der Waals surface area contributed by atoms with Gasteiger partial charge in [0.25, 0.3) is 0 Å². The molecule has 248 valence electrons. The number of pyridine rings is 1. The van der Waals surface area contributed by atoms with Crippen LogP contribution in [0.3, 0.4) is 0 Å². The molecule has 0 aliphatic rings. The van der Waals surface area contributed by atoms with Crippen LogP contribution in [0.15, 0.2) is 91.1 Å². The van der Waals surface area contributed by atoms with Crippen LogP contribution in [0.2, 0.25) is 0 Å². The Balaban J connectivity index is 1.32. The molecule has 5 nitrogen and oxygen atoms in total.